The highest BCUT2D eigenvalue weighted by molar-refractivity contribution is 5.45. The number of hydrogen-bond acceptors (Lipinski definition) is 2. The second-order valence-corrected chi connectivity index (χ2v) is 5.35. The van der Waals surface area contributed by atoms with Gasteiger partial charge < -0.3 is 9.84 Å². The van der Waals surface area contributed by atoms with Crippen molar-refractivity contribution in [3.05, 3.63) is 54.1 Å². The van der Waals surface area contributed by atoms with Crippen LogP contribution in [0, 0.1) is 0 Å². The molecule has 2 aromatic carbocycles. The van der Waals surface area contributed by atoms with Crippen molar-refractivity contribution in [3.8, 4) is 17.2 Å². The first-order valence-corrected chi connectivity index (χ1v) is 6.03. The van der Waals surface area contributed by atoms with Gasteiger partial charge in [-0.2, -0.15) is 0 Å². The van der Waals surface area contributed by atoms with Crippen LogP contribution in [-0.2, 0) is 5.41 Å². The van der Waals surface area contributed by atoms with Gasteiger partial charge in [-0.15, -0.1) is 0 Å². The molecule has 0 aromatic heterocycles. The number of para-hydroxylation sites is 1. The Balaban J connectivity index is 2.26. The molecule has 2 nitrogen and oxygen atoms in total. The van der Waals surface area contributed by atoms with E-state index in [9.17, 15) is 5.11 Å². The zero-order chi connectivity index (χ0) is 13.2. The Morgan fingerprint density at radius 1 is 0.944 bits per heavy atom. The summed E-state index contributed by atoms with van der Waals surface area (Å²) in [5, 5.41) is 9.99. The molecule has 0 atom stereocenters. The molecule has 0 spiro atoms. The van der Waals surface area contributed by atoms with Crippen LogP contribution in [0.5, 0.6) is 17.2 Å². The summed E-state index contributed by atoms with van der Waals surface area (Å²) in [5.74, 6) is 1.37. The van der Waals surface area contributed by atoms with Crippen LogP contribution >= 0.6 is 0 Å². The quantitative estimate of drug-likeness (QED) is 0.841. The molecule has 0 unspecified atom stereocenters. The van der Waals surface area contributed by atoms with Crippen molar-refractivity contribution < 1.29 is 9.84 Å². The lowest BCUT2D eigenvalue weighted by molar-refractivity contribution is 0.409. The third-order valence-electron chi connectivity index (χ3n) is 2.80. The van der Waals surface area contributed by atoms with E-state index in [0.29, 0.717) is 5.75 Å². The van der Waals surface area contributed by atoms with Crippen molar-refractivity contribution in [2.75, 3.05) is 0 Å². The van der Waals surface area contributed by atoms with Gasteiger partial charge in [-0.3, -0.25) is 0 Å². The predicted molar refractivity (Wildman–Crippen MR) is 73.3 cm³/mol. The lowest BCUT2D eigenvalue weighted by Gasteiger charge is -2.20. The Morgan fingerprint density at radius 3 is 2.17 bits per heavy atom. The minimum atomic E-state index is 0.0166. The lowest BCUT2D eigenvalue weighted by atomic mass is 9.87. The number of aromatic hydroxyl groups is 1. The molecule has 0 amide bonds. The third kappa shape index (κ3) is 2.83. The molecule has 2 rings (SSSR count). The normalized spacial score (nSPS) is 11.3. The molecule has 0 aliphatic heterocycles. The predicted octanol–water partition coefficient (Wildman–Crippen LogP) is 4.48. The average molecular weight is 242 g/mol. The second kappa shape index (κ2) is 4.73. The van der Waals surface area contributed by atoms with Gasteiger partial charge in [0.2, 0.25) is 0 Å². The minimum absolute atomic E-state index is 0.0166. The molecule has 18 heavy (non-hydrogen) atoms. The molecule has 0 fully saturated rings. The fourth-order valence-corrected chi connectivity index (χ4v) is 1.69. The number of benzene rings is 2. The fraction of sp³-hybridized carbons (Fsp3) is 0.250. The van der Waals surface area contributed by atoms with Crippen LogP contribution in [0.2, 0.25) is 0 Å². The summed E-state index contributed by atoms with van der Waals surface area (Å²) in [7, 11) is 0. The van der Waals surface area contributed by atoms with Gasteiger partial charge in [0, 0.05) is 0 Å². The zero-order valence-electron chi connectivity index (χ0n) is 11.0. The summed E-state index contributed by atoms with van der Waals surface area (Å²) in [5.41, 5.74) is 1.10. The molecule has 0 saturated heterocycles. The highest BCUT2D eigenvalue weighted by atomic mass is 16.5. The van der Waals surface area contributed by atoms with E-state index < -0.39 is 0 Å². The van der Waals surface area contributed by atoms with Gasteiger partial charge in [0.05, 0.1) is 0 Å². The molecule has 2 heteroatoms. The number of phenols is 1. The van der Waals surface area contributed by atoms with Crippen molar-refractivity contribution in [1.82, 2.24) is 0 Å². The smallest absolute Gasteiger partial charge is 0.169 e. The highest BCUT2D eigenvalue weighted by Gasteiger charge is 2.15. The Hall–Kier alpha value is -1.96. The standard InChI is InChI=1S/C16H18O2/c1-16(2,3)12-9-10-15(14(17)11-12)18-13-7-5-4-6-8-13/h4-11,17H,1-3H3. The summed E-state index contributed by atoms with van der Waals surface area (Å²) >= 11 is 0. The van der Waals surface area contributed by atoms with Gasteiger partial charge in [-0.1, -0.05) is 45.0 Å². The maximum absolute atomic E-state index is 9.99. The Kier molecular flexibility index (Phi) is 3.28. The summed E-state index contributed by atoms with van der Waals surface area (Å²) < 4.78 is 5.63. The molecule has 94 valence electrons. The van der Waals surface area contributed by atoms with E-state index in [1.807, 2.05) is 42.5 Å². The maximum atomic E-state index is 9.99. The average Bonchev–Trinajstić information content (AvgIpc) is 2.32. The minimum Gasteiger partial charge on any atom is -0.504 e. The Morgan fingerprint density at radius 2 is 1.61 bits per heavy atom. The van der Waals surface area contributed by atoms with E-state index >= 15 is 0 Å². The van der Waals surface area contributed by atoms with Crippen molar-refractivity contribution in [2.45, 2.75) is 26.2 Å². The lowest BCUT2D eigenvalue weighted by Crippen LogP contribution is -2.10. The Labute approximate surface area is 108 Å². The topological polar surface area (TPSA) is 29.5 Å². The van der Waals surface area contributed by atoms with Gasteiger partial charge in [0.25, 0.3) is 0 Å². The van der Waals surface area contributed by atoms with Crippen LogP contribution in [0.3, 0.4) is 0 Å². The molecular weight excluding hydrogens is 224 g/mol. The molecule has 1 N–H and O–H groups in total. The van der Waals surface area contributed by atoms with E-state index in [-0.39, 0.29) is 11.2 Å². The highest BCUT2D eigenvalue weighted by Crippen LogP contribution is 2.34. The van der Waals surface area contributed by atoms with Crippen molar-refractivity contribution in [1.29, 1.82) is 0 Å². The van der Waals surface area contributed by atoms with Crippen molar-refractivity contribution in [3.63, 3.8) is 0 Å². The molecule has 0 radical (unpaired) electrons. The monoisotopic (exact) mass is 242 g/mol. The summed E-state index contributed by atoms with van der Waals surface area (Å²) in [6.45, 7) is 6.33. The maximum Gasteiger partial charge on any atom is 0.169 e. The van der Waals surface area contributed by atoms with Gasteiger partial charge in [0.1, 0.15) is 5.75 Å². The van der Waals surface area contributed by atoms with E-state index in [4.69, 9.17) is 4.74 Å². The molecule has 0 bridgehead atoms. The summed E-state index contributed by atoms with van der Waals surface area (Å²) in [6, 6.07) is 15.0. The molecule has 0 aliphatic carbocycles. The van der Waals surface area contributed by atoms with Crippen LogP contribution in [0.15, 0.2) is 48.5 Å². The van der Waals surface area contributed by atoms with E-state index in [1.54, 1.807) is 6.07 Å². The van der Waals surface area contributed by atoms with Crippen molar-refractivity contribution >= 4 is 0 Å². The first-order chi connectivity index (χ1) is 8.47. The first kappa shape index (κ1) is 12.5. The van der Waals surface area contributed by atoms with Gasteiger partial charge in [-0.05, 0) is 35.2 Å². The van der Waals surface area contributed by atoms with E-state index in [1.165, 1.54) is 0 Å². The summed E-state index contributed by atoms with van der Waals surface area (Å²) in [6.07, 6.45) is 0. The number of rotatable bonds is 2. The Bertz CT molecular complexity index is 525. The largest absolute Gasteiger partial charge is 0.504 e. The molecular formula is C16H18O2. The SMILES string of the molecule is CC(C)(C)c1ccc(Oc2ccccc2)c(O)c1. The van der Waals surface area contributed by atoms with E-state index in [2.05, 4.69) is 20.8 Å². The fourth-order valence-electron chi connectivity index (χ4n) is 1.69. The van der Waals surface area contributed by atoms with Crippen LogP contribution < -0.4 is 4.74 Å². The second-order valence-electron chi connectivity index (χ2n) is 5.35. The zero-order valence-corrected chi connectivity index (χ0v) is 11.0. The number of ether oxygens (including phenoxy) is 1. The van der Waals surface area contributed by atoms with Crippen LogP contribution in [0.4, 0.5) is 0 Å². The number of phenolic OH excluding ortho intramolecular Hbond substituents is 1. The van der Waals surface area contributed by atoms with Gasteiger partial charge >= 0.3 is 0 Å². The van der Waals surface area contributed by atoms with Crippen LogP contribution in [0.1, 0.15) is 26.3 Å². The molecule has 0 heterocycles. The van der Waals surface area contributed by atoms with E-state index in [0.717, 1.165) is 11.3 Å². The van der Waals surface area contributed by atoms with Crippen LogP contribution in [0.25, 0.3) is 0 Å². The molecule has 2 aromatic rings. The number of hydrogen-bond donors (Lipinski definition) is 1. The molecule has 0 saturated carbocycles. The third-order valence-corrected chi connectivity index (χ3v) is 2.80. The molecule has 0 aliphatic rings. The van der Waals surface area contributed by atoms with Gasteiger partial charge in [-0.25, -0.2) is 0 Å². The van der Waals surface area contributed by atoms with Gasteiger partial charge in [0.15, 0.2) is 11.5 Å². The van der Waals surface area contributed by atoms with Crippen molar-refractivity contribution in [2.24, 2.45) is 0 Å². The first-order valence-electron chi connectivity index (χ1n) is 6.03. The van der Waals surface area contributed by atoms with Crippen LogP contribution in [-0.4, -0.2) is 5.11 Å². The summed E-state index contributed by atoms with van der Waals surface area (Å²) in [4.78, 5) is 0.